The Morgan fingerprint density at radius 3 is 2.33 bits per heavy atom. The molecule has 0 saturated carbocycles. The van der Waals surface area contributed by atoms with Gasteiger partial charge in [0.15, 0.2) is 0 Å². The minimum atomic E-state index is -0.953. The van der Waals surface area contributed by atoms with Gasteiger partial charge >= 0.3 is 17.8 Å². The third-order valence-corrected chi connectivity index (χ3v) is 5.15. The topological polar surface area (TPSA) is 86.8 Å². The lowest BCUT2D eigenvalue weighted by Gasteiger charge is -2.21. The lowest BCUT2D eigenvalue weighted by Crippen LogP contribution is -2.43. The normalized spacial score (nSPS) is 18.1. The number of hydrogen-bond donors (Lipinski definition) is 1. The second-order valence-electron chi connectivity index (χ2n) is 7.47. The molecule has 1 aliphatic heterocycles. The van der Waals surface area contributed by atoms with Crippen LogP contribution in [0.2, 0.25) is 0 Å². The van der Waals surface area contributed by atoms with E-state index in [0.29, 0.717) is 4.90 Å². The van der Waals surface area contributed by atoms with E-state index in [-0.39, 0.29) is 6.04 Å². The van der Waals surface area contributed by atoms with Crippen LogP contribution in [0.4, 0.5) is 4.79 Å². The lowest BCUT2D eigenvalue weighted by atomic mass is 9.89. The summed E-state index contributed by atoms with van der Waals surface area (Å²) in [6.07, 6.45) is 4.53. The first-order valence-electron chi connectivity index (χ1n) is 9.39. The number of aryl methyl sites for hydroxylation is 2. The fraction of sp³-hybridized carbons (Fsp3) is 0.500. The first-order chi connectivity index (χ1) is 12.8. The number of carbonyl (C=O) groups is 4. The van der Waals surface area contributed by atoms with E-state index in [1.54, 1.807) is 13.8 Å². The summed E-state index contributed by atoms with van der Waals surface area (Å²) in [5.41, 5.74) is 3.68. The predicted molar refractivity (Wildman–Crippen MR) is 98.7 cm³/mol. The lowest BCUT2D eigenvalue weighted by molar-refractivity contribution is -0.144. The number of nitrogens with zero attached hydrogens (tertiary/aromatic N) is 2. The predicted octanol–water partition coefficient (Wildman–Crippen LogP) is 1.94. The van der Waals surface area contributed by atoms with Crippen LogP contribution in [0.25, 0.3) is 0 Å². The van der Waals surface area contributed by atoms with Gasteiger partial charge in [0, 0.05) is 6.04 Å². The molecule has 0 bridgehead atoms. The number of benzene rings is 1. The quantitative estimate of drug-likeness (QED) is 0.633. The molecule has 1 atom stereocenters. The number of hydrogen-bond acceptors (Lipinski definition) is 4. The smallest absolute Gasteiger partial charge is 0.334 e. The molecular formula is C20H25N3O4. The minimum Gasteiger partial charge on any atom is -0.348 e. The van der Waals surface area contributed by atoms with Crippen LogP contribution in [-0.4, -0.2) is 46.1 Å². The van der Waals surface area contributed by atoms with Crippen molar-refractivity contribution in [1.82, 2.24) is 15.1 Å². The molecule has 2 aliphatic rings. The Kier molecular flexibility index (Phi) is 5.30. The molecule has 5 amide bonds. The van der Waals surface area contributed by atoms with Crippen LogP contribution in [0.1, 0.15) is 56.3 Å². The van der Waals surface area contributed by atoms with E-state index < -0.39 is 36.3 Å². The molecule has 0 spiro atoms. The zero-order valence-electron chi connectivity index (χ0n) is 15.9. The summed E-state index contributed by atoms with van der Waals surface area (Å²) in [5.74, 6) is -2.31. The van der Waals surface area contributed by atoms with Crippen molar-refractivity contribution in [3.63, 3.8) is 0 Å². The first kappa shape index (κ1) is 19.1. The van der Waals surface area contributed by atoms with E-state index in [4.69, 9.17) is 0 Å². The van der Waals surface area contributed by atoms with Crippen LogP contribution in [-0.2, 0) is 27.2 Å². The van der Waals surface area contributed by atoms with E-state index >= 15 is 0 Å². The molecule has 144 valence electrons. The summed E-state index contributed by atoms with van der Waals surface area (Å²) in [6.45, 7) is 4.69. The molecular weight excluding hydrogens is 346 g/mol. The van der Waals surface area contributed by atoms with Crippen molar-refractivity contribution in [3.8, 4) is 0 Å². The van der Waals surface area contributed by atoms with Crippen LogP contribution in [0.15, 0.2) is 18.2 Å². The van der Waals surface area contributed by atoms with Crippen LogP contribution >= 0.6 is 0 Å². The van der Waals surface area contributed by atoms with Gasteiger partial charge in [-0.25, -0.2) is 9.69 Å². The van der Waals surface area contributed by atoms with E-state index in [9.17, 15) is 19.2 Å². The zero-order valence-corrected chi connectivity index (χ0v) is 15.9. The molecule has 0 aromatic heterocycles. The maximum Gasteiger partial charge on any atom is 0.334 e. The standard InChI is InChI=1S/C20H25N3O4/c1-12(2)23-19(26)18(25)22(20(23)27)11-17(24)21-13(3)15-9-8-14-6-4-5-7-16(14)10-15/h8-10,12-13H,4-7,11H2,1-3H3,(H,21,24)/t13-/m1/s1. The maximum absolute atomic E-state index is 12.4. The van der Waals surface area contributed by atoms with Gasteiger partial charge in [-0.15, -0.1) is 0 Å². The second kappa shape index (κ2) is 7.50. The van der Waals surface area contributed by atoms with Gasteiger partial charge in [0.25, 0.3) is 0 Å². The summed E-state index contributed by atoms with van der Waals surface area (Å²) in [7, 11) is 0. The fourth-order valence-corrected chi connectivity index (χ4v) is 3.65. The number of imide groups is 2. The largest absolute Gasteiger partial charge is 0.348 e. The van der Waals surface area contributed by atoms with Gasteiger partial charge in [0.2, 0.25) is 5.91 Å². The van der Waals surface area contributed by atoms with Crippen LogP contribution in [0.3, 0.4) is 0 Å². The summed E-state index contributed by atoms with van der Waals surface area (Å²) < 4.78 is 0. The molecule has 1 aromatic carbocycles. The average molecular weight is 371 g/mol. The highest BCUT2D eigenvalue weighted by Gasteiger charge is 2.46. The highest BCUT2D eigenvalue weighted by atomic mass is 16.2. The van der Waals surface area contributed by atoms with Crippen LogP contribution in [0, 0.1) is 0 Å². The van der Waals surface area contributed by atoms with Crippen molar-refractivity contribution >= 4 is 23.8 Å². The van der Waals surface area contributed by atoms with Crippen molar-refractivity contribution in [1.29, 1.82) is 0 Å². The van der Waals surface area contributed by atoms with Crippen LogP contribution < -0.4 is 5.32 Å². The van der Waals surface area contributed by atoms with Gasteiger partial charge in [-0.05, 0) is 63.1 Å². The Hall–Kier alpha value is -2.70. The Labute approximate surface area is 158 Å². The molecule has 1 N–H and O–H groups in total. The van der Waals surface area contributed by atoms with E-state index in [0.717, 1.165) is 23.3 Å². The monoisotopic (exact) mass is 371 g/mol. The fourth-order valence-electron chi connectivity index (χ4n) is 3.65. The molecule has 1 aromatic rings. The highest BCUT2D eigenvalue weighted by molar-refractivity contribution is 6.45. The molecule has 0 radical (unpaired) electrons. The third kappa shape index (κ3) is 3.72. The number of amides is 5. The van der Waals surface area contributed by atoms with Crippen molar-refractivity contribution in [3.05, 3.63) is 34.9 Å². The molecule has 1 aliphatic carbocycles. The molecule has 1 fully saturated rings. The highest BCUT2D eigenvalue weighted by Crippen LogP contribution is 2.25. The van der Waals surface area contributed by atoms with Crippen molar-refractivity contribution in [2.24, 2.45) is 0 Å². The molecule has 7 nitrogen and oxygen atoms in total. The average Bonchev–Trinajstić information content (AvgIpc) is 2.84. The Morgan fingerprint density at radius 2 is 1.70 bits per heavy atom. The van der Waals surface area contributed by atoms with E-state index in [1.807, 2.05) is 13.0 Å². The Balaban J connectivity index is 1.64. The van der Waals surface area contributed by atoms with E-state index in [2.05, 4.69) is 17.4 Å². The first-order valence-corrected chi connectivity index (χ1v) is 9.39. The summed E-state index contributed by atoms with van der Waals surface area (Å²) in [5, 5.41) is 2.82. The maximum atomic E-state index is 12.4. The summed E-state index contributed by atoms with van der Waals surface area (Å²) >= 11 is 0. The van der Waals surface area contributed by atoms with Crippen molar-refractivity contribution in [2.75, 3.05) is 6.54 Å². The number of urea groups is 1. The van der Waals surface area contributed by atoms with Gasteiger partial charge in [0.1, 0.15) is 6.54 Å². The molecule has 3 rings (SSSR count). The molecule has 0 unspecified atom stereocenters. The summed E-state index contributed by atoms with van der Waals surface area (Å²) in [4.78, 5) is 50.1. The third-order valence-electron chi connectivity index (χ3n) is 5.15. The zero-order chi connectivity index (χ0) is 19.7. The van der Waals surface area contributed by atoms with Crippen molar-refractivity contribution < 1.29 is 19.2 Å². The van der Waals surface area contributed by atoms with E-state index in [1.165, 1.54) is 24.0 Å². The van der Waals surface area contributed by atoms with Gasteiger partial charge < -0.3 is 5.32 Å². The second-order valence-corrected chi connectivity index (χ2v) is 7.47. The number of rotatable bonds is 5. The van der Waals surface area contributed by atoms with Gasteiger partial charge in [-0.2, -0.15) is 0 Å². The van der Waals surface area contributed by atoms with Gasteiger partial charge in [0.05, 0.1) is 6.04 Å². The Morgan fingerprint density at radius 1 is 1.04 bits per heavy atom. The molecule has 1 saturated heterocycles. The van der Waals surface area contributed by atoms with Gasteiger partial charge in [-0.3, -0.25) is 19.3 Å². The molecule has 7 heteroatoms. The van der Waals surface area contributed by atoms with Gasteiger partial charge in [-0.1, -0.05) is 18.2 Å². The molecule has 1 heterocycles. The minimum absolute atomic E-state index is 0.255. The Bertz CT molecular complexity index is 802. The number of fused-ring (bicyclic) bond motifs is 1. The number of carbonyl (C=O) groups excluding carboxylic acids is 4. The van der Waals surface area contributed by atoms with Crippen LogP contribution in [0.5, 0.6) is 0 Å². The SMILES string of the molecule is CC(C)N1C(=O)C(=O)N(CC(=O)N[C@H](C)c2ccc3c(c2)CCCC3)C1=O. The number of nitrogens with one attached hydrogen (secondary N) is 1. The van der Waals surface area contributed by atoms with Crippen molar-refractivity contribution in [2.45, 2.75) is 58.5 Å². The summed E-state index contributed by atoms with van der Waals surface area (Å²) in [6, 6.07) is 4.81. The molecule has 27 heavy (non-hydrogen) atoms.